The molecule has 0 unspecified atom stereocenters. The first-order chi connectivity index (χ1) is 5.29. The van der Waals surface area contributed by atoms with Gasteiger partial charge < -0.3 is 0 Å². The fourth-order valence-corrected chi connectivity index (χ4v) is 0.871. The lowest BCUT2D eigenvalue weighted by atomic mass is 10.2. The summed E-state index contributed by atoms with van der Waals surface area (Å²) in [5.41, 5.74) is 1.29. The topological polar surface area (TPSA) is 14.1 Å². The third-order valence-corrected chi connectivity index (χ3v) is 1.48. The quantitative estimate of drug-likeness (QED) is 0.624. The molecule has 0 bridgehead atoms. The van der Waals surface area contributed by atoms with Crippen molar-refractivity contribution in [3.8, 4) is 0 Å². The summed E-state index contributed by atoms with van der Waals surface area (Å²) in [6.07, 6.45) is 0. The van der Waals surface area contributed by atoms with Crippen molar-refractivity contribution in [1.29, 1.82) is 0 Å². The molecule has 0 saturated heterocycles. The van der Waals surface area contributed by atoms with Gasteiger partial charge in [-0.25, -0.2) is 5.32 Å². The van der Waals surface area contributed by atoms with E-state index in [0.29, 0.717) is 6.04 Å². The largest absolute Gasteiger partial charge is 0.234 e. The van der Waals surface area contributed by atoms with Crippen LogP contribution in [0.5, 0.6) is 0 Å². The van der Waals surface area contributed by atoms with Crippen LogP contribution in [0.15, 0.2) is 30.3 Å². The van der Waals surface area contributed by atoms with Gasteiger partial charge in [-0.1, -0.05) is 30.3 Å². The average Bonchev–Trinajstić information content (AvgIpc) is 2.03. The molecule has 1 rings (SSSR count). The molecule has 0 amide bonds. The van der Waals surface area contributed by atoms with Gasteiger partial charge >= 0.3 is 0 Å². The monoisotopic (exact) mass is 148 g/mol. The molecule has 1 heteroatoms. The van der Waals surface area contributed by atoms with E-state index >= 15 is 0 Å². The van der Waals surface area contributed by atoms with Crippen molar-refractivity contribution < 1.29 is 0 Å². The normalized spacial score (nSPS) is 10.5. The molecule has 0 heterocycles. The third-order valence-electron chi connectivity index (χ3n) is 1.48. The smallest absolute Gasteiger partial charge is 0.0387 e. The molecule has 1 nitrogen and oxygen atoms in total. The number of rotatable bonds is 3. The number of hydrogen-bond donors (Lipinski definition) is 0. The highest BCUT2D eigenvalue weighted by Gasteiger charge is 1.94. The summed E-state index contributed by atoms with van der Waals surface area (Å²) in [7, 11) is 0. The highest BCUT2D eigenvalue weighted by atomic mass is 14.9. The minimum Gasteiger partial charge on any atom is -0.234 e. The Morgan fingerprint density at radius 2 is 1.82 bits per heavy atom. The van der Waals surface area contributed by atoms with E-state index in [1.54, 1.807) is 0 Å². The van der Waals surface area contributed by atoms with Crippen LogP contribution in [-0.2, 0) is 6.54 Å². The number of benzene rings is 1. The molecule has 0 saturated carbocycles. The van der Waals surface area contributed by atoms with Crippen molar-refractivity contribution in [2.75, 3.05) is 0 Å². The van der Waals surface area contributed by atoms with Crippen LogP contribution in [0.2, 0.25) is 0 Å². The van der Waals surface area contributed by atoms with E-state index in [1.807, 2.05) is 18.2 Å². The van der Waals surface area contributed by atoms with Crippen LogP contribution in [-0.4, -0.2) is 6.04 Å². The Balaban J connectivity index is 2.39. The van der Waals surface area contributed by atoms with E-state index in [-0.39, 0.29) is 0 Å². The Kier molecular flexibility index (Phi) is 3.12. The Labute approximate surface area is 68.4 Å². The summed E-state index contributed by atoms with van der Waals surface area (Å²) in [6, 6.07) is 10.8. The maximum absolute atomic E-state index is 4.39. The van der Waals surface area contributed by atoms with Crippen molar-refractivity contribution in [3.63, 3.8) is 0 Å². The molecule has 11 heavy (non-hydrogen) atoms. The second-order valence-electron chi connectivity index (χ2n) is 2.92. The fraction of sp³-hybridized carbons (Fsp3) is 0.400. The zero-order chi connectivity index (χ0) is 8.10. The van der Waals surface area contributed by atoms with Crippen LogP contribution < -0.4 is 5.32 Å². The lowest BCUT2D eigenvalue weighted by Crippen LogP contribution is -2.13. The lowest BCUT2D eigenvalue weighted by molar-refractivity contribution is 0.575. The predicted octanol–water partition coefficient (Wildman–Crippen LogP) is 2.20. The highest BCUT2D eigenvalue weighted by molar-refractivity contribution is 5.14. The molecule has 59 valence electrons. The van der Waals surface area contributed by atoms with Crippen LogP contribution in [0.3, 0.4) is 0 Å². The Hall–Kier alpha value is -0.820. The zero-order valence-electron chi connectivity index (χ0n) is 7.12. The van der Waals surface area contributed by atoms with Gasteiger partial charge in [0.1, 0.15) is 0 Å². The number of nitrogens with zero attached hydrogens (tertiary/aromatic N) is 1. The summed E-state index contributed by atoms with van der Waals surface area (Å²) in [5, 5.41) is 4.39. The van der Waals surface area contributed by atoms with Crippen LogP contribution in [0.4, 0.5) is 0 Å². The zero-order valence-corrected chi connectivity index (χ0v) is 7.12. The molecule has 0 aliphatic rings. The Bertz CT molecular complexity index is 191. The van der Waals surface area contributed by atoms with Crippen molar-refractivity contribution >= 4 is 0 Å². The van der Waals surface area contributed by atoms with Crippen LogP contribution >= 0.6 is 0 Å². The predicted molar refractivity (Wildman–Crippen MR) is 47.4 cm³/mol. The van der Waals surface area contributed by atoms with Gasteiger partial charge in [-0.3, -0.25) is 0 Å². The molecular formula is C10H14N. The second-order valence-corrected chi connectivity index (χ2v) is 2.92. The summed E-state index contributed by atoms with van der Waals surface area (Å²) in [6.45, 7) is 5.05. The van der Waals surface area contributed by atoms with E-state index < -0.39 is 0 Å². The van der Waals surface area contributed by atoms with E-state index in [2.05, 4.69) is 31.3 Å². The molecule has 0 spiro atoms. The SMILES string of the molecule is CC(C)[N]Cc1ccccc1. The highest BCUT2D eigenvalue weighted by Crippen LogP contribution is 1.98. The van der Waals surface area contributed by atoms with Crippen LogP contribution in [0.25, 0.3) is 0 Å². The van der Waals surface area contributed by atoms with Crippen molar-refractivity contribution in [1.82, 2.24) is 5.32 Å². The minimum atomic E-state index is 0.440. The second kappa shape index (κ2) is 4.14. The summed E-state index contributed by atoms with van der Waals surface area (Å²) >= 11 is 0. The van der Waals surface area contributed by atoms with Crippen molar-refractivity contribution in [2.45, 2.75) is 26.4 Å². The molecule has 0 atom stereocenters. The number of hydrogen-bond acceptors (Lipinski definition) is 0. The fourth-order valence-electron chi connectivity index (χ4n) is 0.871. The first kappa shape index (κ1) is 8.28. The molecule has 0 aromatic heterocycles. The summed E-state index contributed by atoms with van der Waals surface area (Å²) in [5.74, 6) is 0. The van der Waals surface area contributed by atoms with Crippen LogP contribution in [0, 0.1) is 0 Å². The van der Waals surface area contributed by atoms with E-state index in [1.165, 1.54) is 5.56 Å². The van der Waals surface area contributed by atoms with Gasteiger partial charge in [0, 0.05) is 12.6 Å². The summed E-state index contributed by atoms with van der Waals surface area (Å²) < 4.78 is 0. The van der Waals surface area contributed by atoms with Gasteiger partial charge in [0.25, 0.3) is 0 Å². The first-order valence-corrected chi connectivity index (χ1v) is 3.99. The molecule has 0 N–H and O–H groups in total. The molecule has 0 aliphatic heterocycles. The van der Waals surface area contributed by atoms with Gasteiger partial charge in [0.15, 0.2) is 0 Å². The van der Waals surface area contributed by atoms with E-state index in [9.17, 15) is 0 Å². The maximum Gasteiger partial charge on any atom is 0.0387 e. The van der Waals surface area contributed by atoms with Crippen LogP contribution in [0.1, 0.15) is 19.4 Å². The molecule has 1 aromatic carbocycles. The minimum absolute atomic E-state index is 0.440. The van der Waals surface area contributed by atoms with Gasteiger partial charge in [0.2, 0.25) is 0 Å². The Morgan fingerprint density at radius 1 is 1.18 bits per heavy atom. The van der Waals surface area contributed by atoms with Gasteiger partial charge in [-0.05, 0) is 19.4 Å². The van der Waals surface area contributed by atoms with Crippen molar-refractivity contribution in [2.24, 2.45) is 0 Å². The van der Waals surface area contributed by atoms with E-state index in [4.69, 9.17) is 0 Å². The molecular weight excluding hydrogens is 134 g/mol. The average molecular weight is 148 g/mol. The first-order valence-electron chi connectivity index (χ1n) is 3.99. The molecule has 1 radical (unpaired) electrons. The molecule has 0 fully saturated rings. The molecule has 0 aliphatic carbocycles. The standard InChI is InChI=1S/C10H14N/c1-9(2)11-8-10-6-4-3-5-7-10/h3-7,9H,8H2,1-2H3. The maximum atomic E-state index is 4.39. The molecule has 1 aromatic rings. The van der Waals surface area contributed by atoms with Crippen molar-refractivity contribution in [3.05, 3.63) is 35.9 Å². The van der Waals surface area contributed by atoms with Gasteiger partial charge in [-0.15, -0.1) is 0 Å². The lowest BCUT2D eigenvalue weighted by Gasteiger charge is -2.04. The van der Waals surface area contributed by atoms with E-state index in [0.717, 1.165) is 6.54 Å². The Morgan fingerprint density at radius 3 is 2.36 bits per heavy atom. The third kappa shape index (κ3) is 3.19. The summed E-state index contributed by atoms with van der Waals surface area (Å²) in [4.78, 5) is 0. The van der Waals surface area contributed by atoms with Gasteiger partial charge in [0.05, 0.1) is 0 Å². The van der Waals surface area contributed by atoms with Gasteiger partial charge in [-0.2, -0.15) is 0 Å².